The zero-order chi connectivity index (χ0) is 15.9. The van der Waals surface area contributed by atoms with E-state index in [0.717, 1.165) is 25.7 Å². The summed E-state index contributed by atoms with van der Waals surface area (Å²) in [6.07, 6.45) is 0.378. The van der Waals surface area contributed by atoms with Crippen LogP contribution in [0.3, 0.4) is 0 Å². The highest BCUT2D eigenvalue weighted by Gasteiger charge is 2.33. The molecule has 1 aliphatic carbocycles. The fourth-order valence-corrected chi connectivity index (χ4v) is 2.94. The van der Waals surface area contributed by atoms with Crippen LogP contribution in [-0.4, -0.2) is 21.9 Å². The zero-order valence-electron chi connectivity index (χ0n) is 12.2. The molecule has 3 rings (SSSR count). The summed E-state index contributed by atoms with van der Waals surface area (Å²) in [5, 5.41) is 3.91. The maximum atomic E-state index is 12.9. The summed E-state index contributed by atoms with van der Waals surface area (Å²) in [6, 6.07) is 3.23. The van der Waals surface area contributed by atoms with Crippen molar-refractivity contribution in [1.82, 2.24) is 9.78 Å². The van der Waals surface area contributed by atoms with E-state index in [9.17, 15) is 13.2 Å². The van der Waals surface area contributed by atoms with Gasteiger partial charge in [0.1, 0.15) is 5.75 Å². The first-order chi connectivity index (χ1) is 10.4. The second kappa shape index (κ2) is 5.46. The van der Waals surface area contributed by atoms with E-state index in [1.165, 1.54) is 12.3 Å². The van der Waals surface area contributed by atoms with Crippen LogP contribution in [0, 0.1) is 6.92 Å². The predicted octanol–water partition coefficient (Wildman–Crippen LogP) is 3.47. The van der Waals surface area contributed by atoms with Gasteiger partial charge in [-0.2, -0.15) is 9.78 Å². The van der Waals surface area contributed by atoms with Crippen LogP contribution in [-0.2, 0) is 6.30 Å². The van der Waals surface area contributed by atoms with E-state index >= 15 is 0 Å². The molecule has 1 fully saturated rings. The lowest BCUT2D eigenvalue weighted by Gasteiger charge is -2.27. The molecule has 22 heavy (non-hydrogen) atoms. The Kier molecular flexibility index (Phi) is 3.76. The molecule has 0 amide bonds. The SMILES string of the molecule is Cc1c(OC2CCC(N)CC2)ccc2c1cnn2C(F)(F)F. The minimum absolute atomic E-state index is 0.0445. The number of hydrogen-bond acceptors (Lipinski definition) is 3. The van der Waals surface area contributed by atoms with Gasteiger partial charge in [0.2, 0.25) is 0 Å². The van der Waals surface area contributed by atoms with Crippen molar-refractivity contribution in [1.29, 1.82) is 0 Å². The zero-order valence-corrected chi connectivity index (χ0v) is 12.2. The molecule has 0 saturated heterocycles. The number of nitrogens with two attached hydrogens (primary N) is 1. The Morgan fingerprint density at radius 2 is 1.91 bits per heavy atom. The highest BCUT2D eigenvalue weighted by atomic mass is 19.4. The molecule has 1 aromatic carbocycles. The summed E-state index contributed by atoms with van der Waals surface area (Å²) in [7, 11) is 0. The summed E-state index contributed by atoms with van der Waals surface area (Å²) in [6.45, 7) is 1.76. The van der Waals surface area contributed by atoms with E-state index in [-0.39, 0.29) is 22.3 Å². The van der Waals surface area contributed by atoms with E-state index in [1.54, 1.807) is 13.0 Å². The molecular formula is C15H18F3N3O. The normalized spacial score (nSPS) is 23.0. The van der Waals surface area contributed by atoms with Crippen molar-refractivity contribution in [3.63, 3.8) is 0 Å². The van der Waals surface area contributed by atoms with Crippen molar-refractivity contribution >= 4 is 10.9 Å². The molecule has 1 heterocycles. The van der Waals surface area contributed by atoms with Crippen LogP contribution in [0.5, 0.6) is 5.75 Å². The summed E-state index contributed by atoms with van der Waals surface area (Å²) < 4.78 is 44.6. The lowest BCUT2D eigenvalue weighted by molar-refractivity contribution is -0.209. The topological polar surface area (TPSA) is 53.1 Å². The maximum Gasteiger partial charge on any atom is 0.505 e. The molecule has 1 saturated carbocycles. The van der Waals surface area contributed by atoms with Gasteiger partial charge in [-0.1, -0.05) is 0 Å². The van der Waals surface area contributed by atoms with Gasteiger partial charge in [0.05, 0.1) is 17.8 Å². The van der Waals surface area contributed by atoms with Gasteiger partial charge in [-0.25, -0.2) is 0 Å². The largest absolute Gasteiger partial charge is 0.505 e. The number of nitrogens with zero attached hydrogens (tertiary/aromatic N) is 2. The second-order valence-corrected chi connectivity index (χ2v) is 5.80. The number of aromatic nitrogens is 2. The summed E-state index contributed by atoms with van der Waals surface area (Å²) in [5.41, 5.74) is 6.59. The van der Waals surface area contributed by atoms with Crippen molar-refractivity contribution in [3.8, 4) is 5.75 Å². The third kappa shape index (κ3) is 2.77. The smallest absolute Gasteiger partial charge is 0.490 e. The van der Waals surface area contributed by atoms with Gasteiger partial charge >= 0.3 is 6.30 Å². The molecule has 0 bridgehead atoms. The van der Waals surface area contributed by atoms with Crippen LogP contribution in [0.15, 0.2) is 18.3 Å². The molecule has 2 aromatic rings. The second-order valence-electron chi connectivity index (χ2n) is 5.80. The lowest BCUT2D eigenvalue weighted by Crippen LogP contribution is -2.31. The summed E-state index contributed by atoms with van der Waals surface area (Å²) in [4.78, 5) is 0. The Bertz CT molecular complexity index is 672. The molecule has 0 atom stereocenters. The number of alkyl halides is 3. The first kappa shape index (κ1) is 15.1. The predicted molar refractivity (Wildman–Crippen MR) is 76.6 cm³/mol. The number of halogens is 3. The quantitative estimate of drug-likeness (QED) is 0.923. The summed E-state index contributed by atoms with van der Waals surface area (Å²) >= 11 is 0. The fourth-order valence-electron chi connectivity index (χ4n) is 2.94. The van der Waals surface area contributed by atoms with Crippen molar-refractivity contribution in [3.05, 3.63) is 23.9 Å². The Hall–Kier alpha value is -1.76. The van der Waals surface area contributed by atoms with Crippen molar-refractivity contribution in [2.45, 2.75) is 51.1 Å². The van der Waals surface area contributed by atoms with Crippen LogP contribution in [0.4, 0.5) is 13.2 Å². The van der Waals surface area contributed by atoms with E-state index in [2.05, 4.69) is 5.10 Å². The van der Waals surface area contributed by atoms with Gasteiger partial charge in [-0.3, -0.25) is 0 Å². The Morgan fingerprint density at radius 1 is 1.23 bits per heavy atom. The molecule has 2 N–H and O–H groups in total. The third-order valence-corrected chi connectivity index (χ3v) is 4.23. The molecule has 7 heteroatoms. The average Bonchev–Trinajstić information content (AvgIpc) is 2.89. The van der Waals surface area contributed by atoms with Crippen molar-refractivity contribution in [2.75, 3.05) is 0 Å². The number of aryl methyl sites for hydroxylation is 1. The first-order valence-electron chi connectivity index (χ1n) is 7.33. The molecule has 1 aliphatic rings. The van der Waals surface area contributed by atoms with Gasteiger partial charge in [-0.15, -0.1) is 13.2 Å². The minimum atomic E-state index is -4.52. The third-order valence-electron chi connectivity index (χ3n) is 4.23. The van der Waals surface area contributed by atoms with Gasteiger partial charge in [0.15, 0.2) is 0 Å². The monoisotopic (exact) mass is 313 g/mol. The minimum Gasteiger partial charge on any atom is -0.490 e. The van der Waals surface area contributed by atoms with E-state index < -0.39 is 6.30 Å². The van der Waals surface area contributed by atoms with Gasteiger partial charge < -0.3 is 10.5 Å². The van der Waals surface area contributed by atoms with Crippen LogP contribution >= 0.6 is 0 Å². The lowest BCUT2D eigenvalue weighted by atomic mass is 9.93. The standard InChI is InChI=1S/C15H18F3N3O/c1-9-12-8-20-21(15(16,17)18)13(12)6-7-14(9)22-11-4-2-10(19)3-5-11/h6-8,10-11H,2-5,19H2,1H3. The van der Waals surface area contributed by atoms with Crippen molar-refractivity contribution < 1.29 is 17.9 Å². The van der Waals surface area contributed by atoms with Crippen LogP contribution in [0.25, 0.3) is 10.9 Å². The van der Waals surface area contributed by atoms with Gasteiger partial charge in [0.25, 0.3) is 0 Å². The van der Waals surface area contributed by atoms with Crippen LogP contribution < -0.4 is 10.5 Å². The van der Waals surface area contributed by atoms with E-state index in [4.69, 9.17) is 10.5 Å². The number of fused-ring (bicyclic) bond motifs is 1. The highest BCUT2D eigenvalue weighted by Crippen LogP contribution is 2.33. The molecule has 0 spiro atoms. The molecule has 1 aromatic heterocycles. The molecule has 4 nitrogen and oxygen atoms in total. The molecule has 0 radical (unpaired) electrons. The Morgan fingerprint density at radius 3 is 2.55 bits per heavy atom. The Balaban J connectivity index is 1.88. The van der Waals surface area contributed by atoms with Crippen LogP contribution in [0.1, 0.15) is 31.2 Å². The van der Waals surface area contributed by atoms with Crippen LogP contribution in [0.2, 0.25) is 0 Å². The fraction of sp³-hybridized carbons (Fsp3) is 0.533. The molecular weight excluding hydrogens is 295 g/mol. The number of benzene rings is 1. The number of ether oxygens (including phenoxy) is 1. The maximum absolute atomic E-state index is 12.9. The van der Waals surface area contributed by atoms with Gasteiger partial charge in [-0.05, 0) is 44.7 Å². The number of rotatable bonds is 2. The molecule has 120 valence electrons. The summed E-state index contributed by atoms with van der Waals surface area (Å²) in [5.74, 6) is 0.620. The average molecular weight is 313 g/mol. The van der Waals surface area contributed by atoms with E-state index in [1.807, 2.05) is 0 Å². The van der Waals surface area contributed by atoms with E-state index in [0.29, 0.717) is 16.7 Å². The molecule has 0 unspecified atom stereocenters. The number of hydrogen-bond donors (Lipinski definition) is 1. The van der Waals surface area contributed by atoms with Gasteiger partial charge in [0, 0.05) is 17.0 Å². The molecule has 0 aliphatic heterocycles. The highest BCUT2D eigenvalue weighted by molar-refractivity contribution is 5.84. The first-order valence-corrected chi connectivity index (χ1v) is 7.33. The Labute approximate surface area is 126 Å². The van der Waals surface area contributed by atoms with Crippen molar-refractivity contribution in [2.24, 2.45) is 5.73 Å².